The third-order valence-electron chi connectivity index (χ3n) is 1.74. The van der Waals surface area contributed by atoms with E-state index in [4.69, 9.17) is 9.84 Å². The molecule has 12 heavy (non-hydrogen) atoms. The quantitative estimate of drug-likeness (QED) is 0.629. The summed E-state index contributed by atoms with van der Waals surface area (Å²) in [7, 11) is 0. The van der Waals surface area contributed by atoms with Gasteiger partial charge in [-0.25, -0.2) is 0 Å². The summed E-state index contributed by atoms with van der Waals surface area (Å²) >= 11 is 0. The highest BCUT2D eigenvalue weighted by atomic mass is 16.5. The minimum Gasteiger partial charge on any atom is -0.394 e. The van der Waals surface area contributed by atoms with E-state index >= 15 is 0 Å². The van der Waals surface area contributed by atoms with Gasteiger partial charge >= 0.3 is 0 Å². The molecule has 0 aromatic carbocycles. The van der Waals surface area contributed by atoms with Gasteiger partial charge in [-0.2, -0.15) is 0 Å². The highest BCUT2D eigenvalue weighted by Gasteiger charge is 2.21. The second kappa shape index (κ2) is 6.40. The van der Waals surface area contributed by atoms with E-state index in [1.807, 2.05) is 20.8 Å². The molecule has 0 aromatic heterocycles. The van der Waals surface area contributed by atoms with Crippen LogP contribution in [0.15, 0.2) is 0 Å². The van der Waals surface area contributed by atoms with Crippen LogP contribution in [0.4, 0.5) is 0 Å². The largest absolute Gasteiger partial charge is 0.394 e. The highest BCUT2D eigenvalue weighted by molar-refractivity contribution is 4.71. The Labute approximate surface area is 74.4 Å². The lowest BCUT2D eigenvalue weighted by Crippen LogP contribution is -2.36. The maximum absolute atomic E-state index is 9.34. The van der Waals surface area contributed by atoms with Gasteiger partial charge in [-0.15, -0.1) is 0 Å². The van der Waals surface area contributed by atoms with E-state index in [9.17, 15) is 5.11 Å². The fourth-order valence-electron chi connectivity index (χ4n) is 1.11. The summed E-state index contributed by atoms with van der Waals surface area (Å²) in [4.78, 5) is 0. The molecule has 1 unspecified atom stereocenters. The van der Waals surface area contributed by atoms with Gasteiger partial charge in [-0.05, 0) is 12.3 Å². The summed E-state index contributed by atoms with van der Waals surface area (Å²) in [6.45, 7) is 6.37. The molecule has 74 valence electrons. The van der Waals surface area contributed by atoms with Crippen molar-refractivity contribution in [3.8, 4) is 0 Å². The first-order chi connectivity index (χ1) is 5.63. The minimum atomic E-state index is -0.753. The third-order valence-corrected chi connectivity index (χ3v) is 1.74. The smallest absolute Gasteiger partial charge is 0.103 e. The second-order valence-electron chi connectivity index (χ2n) is 3.33. The molecule has 0 heterocycles. The number of hydrogen-bond acceptors (Lipinski definition) is 3. The van der Waals surface area contributed by atoms with Crippen molar-refractivity contribution in [2.45, 2.75) is 39.4 Å². The molecule has 0 saturated heterocycles. The van der Waals surface area contributed by atoms with Crippen LogP contribution in [0.25, 0.3) is 0 Å². The van der Waals surface area contributed by atoms with Crippen molar-refractivity contribution in [3.05, 3.63) is 0 Å². The first kappa shape index (κ1) is 11.9. The van der Waals surface area contributed by atoms with Crippen LogP contribution >= 0.6 is 0 Å². The van der Waals surface area contributed by atoms with Crippen LogP contribution in [0.3, 0.4) is 0 Å². The minimum absolute atomic E-state index is 0.230. The molecule has 0 amide bonds. The van der Waals surface area contributed by atoms with Gasteiger partial charge in [0.1, 0.15) is 6.10 Å². The number of rotatable bonds is 6. The fourth-order valence-corrected chi connectivity index (χ4v) is 1.11. The van der Waals surface area contributed by atoms with Gasteiger partial charge in [0.2, 0.25) is 0 Å². The zero-order valence-corrected chi connectivity index (χ0v) is 8.16. The lowest BCUT2D eigenvalue weighted by atomic mass is 10.0. The Hall–Kier alpha value is -0.120. The van der Waals surface area contributed by atoms with Crippen LogP contribution < -0.4 is 0 Å². The first-order valence-electron chi connectivity index (χ1n) is 4.54. The fraction of sp³-hybridized carbons (Fsp3) is 1.00. The van der Waals surface area contributed by atoms with Gasteiger partial charge in [0.25, 0.3) is 0 Å². The predicted molar refractivity (Wildman–Crippen MR) is 48.0 cm³/mol. The average Bonchev–Trinajstić information content (AvgIpc) is 2.04. The monoisotopic (exact) mass is 176 g/mol. The van der Waals surface area contributed by atoms with Crippen molar-refractivity contribution in [1.29, 1.82) is 0 Å². The molecule has 0 aliphatic heterocycles. The number of ether oxygens (including phenoxy) is 1. The molecule has 0 rings (SSSR count). The maximum atomic E-state index is 9.34. The van der Waals surface area contributed by atoms with Crippen molar-refractivity contribution in [3.63, 3.8) is 0 Å². The second-order valence-corrected chi connectivity index (χ2v) is 3.33. The highest BCUT2D eigenvalue weighted by Crippen LogP contribution is 2.11. The molecule has 2 atom stereocenters. The van der Waals surface area contributed by atoms with Gasteiger partial charge in [0.05, 0.1) is 12.7 Å². The lowest BCUT2D eigenvalue weighted by molar-refractivity contribution is -0.0785. The van der Waals surface area contributed by atoms with Crippen LogP contribution in [0.2, 0.25) is 0 Å². The number of aliphatic hydroxyl groups is 2. The molecular weight excluding hydrogens is 156 g/mol. The zero-order chi connectivity index (χ0) is 9.56. The molecule has 0 aliphatic rings. The van der Waals surface area contributed by atoms with Gasteiger partial charge in [-0.3, -0.25) is 0 Å². The third kappa shape index (κ3) is 4.04. The van der Waals surface area contributed by atoms with Gasteiger partial charge in [-0.1, -0.05) is 20.8 Å². The standard InChI is InChI=1S/C9H20O3/c1-4-5-12-9(7(2)3)8(11)6-10/h7-11H,4-6H2,1-3H3/t8-,9?/m1/s1. The Balaban J connectivity index is 3.85. The number of aliphatic hydroxyl groups excluding tert-OH is 2. The first-order valence-corrected chi connectivity index (χ1v) is 4.54. The molecule has 0 radical (unpaired) electrons. The van der Waals surface area contributed by atoms with Crippen LogP contribution in [0.5, 0.6) is 0 Å². The SMILES string of the molecule is CCCOC(C(C)C)[C@H](O)CO. The average molecular weight is 176 g/mol. The van der Waals surface area contributed by atoms with E-state index in [0.717, 1.165) is 6.42 Å². The Morgan fingerprint density at radius 1 is 1.33 bits per heavy atom. The Kier molecular flexibility index (Phi) is 6.34. The van der Waals surface area contributed by atoms with Crippen molar-refractivity contribution >= 4 is 0 Å². The van der Waals surface area contributed by atoms with E-state index in [0.29, 0.717) is 6.61 Å². The molecule has 0 saturated carbocycles. The molecule has 0 aromatic rings. The Bertz CT molecular complexity index is 104. The van der Waals surface area contributed by atoms with E-state index in [-0.39, 0.29) is 18.6 Å². The van der Waals surface area contributed by atoms with Gasteiger partial charge in [0.15, 0.2) is 0 Å². The van der Waals surface area contributed by atoms with E-state index < -0.39 is 6.10 Å². The van der Waals surface area contributed by atoms with Crippen LogP contribution in [-0.2, 0) is 4.74 Å². The lowest BCUT2D eigenvalue weighted by Gasteiger charge is -2.25. The van der Waals surface area contributed by atoms with E-state index in [1.165, 1.54) is 0 Å². The summed E-state index contributed by atoms with van der Waals surface area (Å²) < 4.78 is 5.40. The van der Waals surface area contributed by atoms with Crippen molar-refractivity contribution in [2.75, 3.05) is 13.2 Å². The molecule has 0 fully saturated rings. The van der Waals surface area contributed by atoms with Gasteiger partial charge < -0.3 is 14.9 Å². The van der Waals surface area contributed by atoms with Crippen LogP contribution in [-0.4, -0.2) is 35.6 Å². The van der Waals surface area contributed by atoms with Crippen molar-refractivity contribution < 1.29 is 14.9 Å². The molecule has 0 aliphatic carbocycles. The van der Waals surface area contributed by atoms with Crippen molar-refractivity contribution in [1.82, 2.24) is 0 Å². The Morgan fingerprint density at radius 3 is 2.25 bits per heavy atom. The summed E-state index contributed by atoms with van der Waals surface area (Å²) in [5, 5.41) is 18.1. The summed E-state index contributed by atoms with van der Waals surface area (Å²) in [5.41, 5.74) is 0. The van der Waals surface area contributed by atoms with Crippen molar-refractivity contribution in [2.24, 2.45) is 5.92 Å². The molecule has 0 bridgehead atoms. The summed E-state index contributed by atoms with van der Waals surface area (Å²) in [6, 6.07) is 0. The van der Waals surface area contributed by atoms with Crippen LogP contribution in [0, 0.1) is 5.92 Å². The molecule has 3 heteroatoms. The molecule has 0 spiro atoms. The number of hydrogen-bond donors (Lipinski definition) is 2. The maximum Gasteiger partial charge on any atom is 0.103 e. The molecule has 3 nitrogen and oxygen atoms in total. The van der Waals surface area contributed by atoms with E-state index in [1.54, 1.807) is 0 Å². The summed E-state index contributed by atoms with van der Waals surface area (Å²) in [6.07, 6.45) is -0.0621. The Morgan fingerprint density at radius 2 is 1.92 bits per heavy atom. The van der Waals surface area contributed by atoms with Gasteiger partial charge in [0, 0.05) is 6.61 Å². The van der Waals surface area contributed by atoms with Crippen LogP contribution in [0.1, 0.15) is 27.2 Å². The summed E-state index contributed by atoms with van der Waals surface area (Å²) in [5.74, 6) is 0.235. The predicted octanol–water partition coefficient (Wildman–Crippen LogP) is 0.791. The molecular formula is C9H20O3. The molecule has 2 N–H and O–H groups in total. The topological polar surface area (TPSA) is 49.7 Å². The normalized spacial score (nSPS) is 16.5. The zero-order valence-electron chi connectivity index (χ0n) is 8.16. The van der Waals surface area contributed by atoms with E-state index in [2.05, 4.69) is 0 Å².